The Hall–Kier alpha value is -2.67. The van der Waals surface area contributed by atoms with Gasteiger partial charge in [0.2, 0.25) is 11.1 Å². The Kier molecular flexibility index (Phi) is 5.37. The van der Waals surface area contributed by atoms with Gasteiger partial charge in [-0.15, -0.1) is 5.10 Å². The first-order chi connectivity index (χ1) is 12.4. The van der Waals surface area contributed by atoms with Crippen LogP contribution in [0.4, 0.5) is 5.69 Å². The second-order valence-electron chi connectivity index (χ2n) is 6.32. The summed E-state index contributed by atoms with van der Waals surface area (Å²) >= 11 is 1.31. The van der Waals surface area contributed by atoms with E-state index in [1.807, 2.05) is 52.0 Å². The summed E-state index contributed by atoms with van der Waals surface area (Å²) in [6.45, 7) is 8.06. The summed E-state index contributed by atoms with van der Waals surface area (Å²) in [5.41, 5.74) is 6.18. The fourth-order valence-corrected chi connectivity index (χ4v) is 3.56. The number of aryl methyl sites for hydroxylation is 4. The molecule has 0 aliphatic heterocycles. The summed E-state index contributed by atoms with van der Waals surface area (Å²) in [6, 6.07) is 12.0. The highest BCUT2D eigenvalue weighted by Gasteiger charge is 2.13. The third-order valence-corrected chi connectivity index (χ3v) is 4.88. The van der Waals surface area contributed by atoms with Crippen LogP contribution in [0.25, 0.3) is 5.69 Å². The molecule has 3 rings (SSSR count). The molecule has 1 N–H and O–H groups in total. The van der Waals surface area contributed by atoms with Crippen molar-refractivity contribution >= 4 is 23.4 Å². The zero-order valence-corrected chi connectivity index (χ0v) is 16.1. The molecule has 7 heteroatoms. The Labute approximate surface area is 157 Å². The molecule has 0 radical (unpaired) electrons. The van der Waals surface area contributed by atoms with Crippen LogP contribution in [0.2, 0.25) is 0 Å². The predicted molar refractivity (Wildman–Crippen MR) is 104 cm³/mol. The summed E-state index contributed by atoms with van der Waals surface area (Å²) in [4.78, 5) is 12.4. The van der Waals surface area contributed by atoms with Crippen LogP contribution in [0, 0.1) is 27.7 Å². The number of aromatic nitrogens is 4. The first-order valence-electron chi connectivity index (χ1n) is 8.30. The molecule has 0 fully saturated rings. The number of amides is 1. The molecule has 2 aromatic carbocycles. The molecule has 26 heavy (non-hydrogen) atoms. The topological polar surface area (TPSA) is 72.7 Å². The van der Waals surface area contributed by atoms with Gasteiger partial charge in [-0.3, -0.25) is 4.79 Å². The van der Waals surface area contributed by atoms with Crippen molar-refractivity contribution in [3.05, 3.63) is 58.7 Å². The second kappa shape index (κ2) is 7.70. The molecule has 0 aliphatic carbocycles. The molecule has 0 atom stereocenters. The second-order valence-corrected chi connectivity index (χ2v) is 7.27. The number of tetrazole rings is 1. The molecule has 1 heterocycles. The normalized spacial score (nSPS) is 10.8. The highest BCUT2D eigenvalue weighted by molar-refractivity contribution is 7.99. The van der Waals surface area contributed by atoms with Crippen LogP contribution >= 0.6 is 11.8 Å². The van der Waals surface area contributed by atoms with E-state index in [1.165, 1.54) is 17.3 Å². The summed E-state index contributed by atoms with van der Waals surface area (Å²) in [6.07, 6.45) is 0. The van der Waals surface area contributed by atoms with Gasteiger partial charge >= 0.3 is 0 Å². The fourth-order valence-electron chi connectivity index (χ4n) is 2.87. The van der Waals surface area contributed by atoms with E-state index in [9.17, 15) is 4.79 Å². The quantitative estimate of drug-likeness (QED) is 0.697. The van der Waals surface area contributed by atoms with Gasteiger partial charge in [-0.2, -0.15) is 4.68 Å². The Bertz CT molecular complexity index is 928. The Morgan fingerprint density at radius 3 is 2.50 bits per heavy atom. The Morgan fingerprint density at radius 2 is 1.81 bits per heavy atom. The summed E-state index contributed by atoms with van der Waals surface area (Å²) in [5, 5.41) is 15.4. The van der Waals surface area contributed by atoms with Gasteiger partial charge in [0.1, 0.15) is 0 Å². The first kappa shape index (κ1) is 18.1. The summed E-state index contributed by atoms with van der Waals surface area (Å²) in [7, 11) is 0. The number of nitrogens with zero attached hydrogens (tertiary/aromatic N) is 4. The van der Waals surface area contributed by atoms with E-state index in [1.54, 1.807) is 4.68 Å². The van der Waals surface area contributed by atoms with Crippen molar-refractivity contribution < 1.29 is 4.79 Å². The molecular formula is C19H21N5OS. The molecule has 0 bridgehead atoms. The van der Waals surface area contributed by atoms with Crippen LogP contribution in [0.1, 0.15) is 22.3 Å². The SMILES string of the molecule is Cc1cccc(-n2nnnc2SCC(=O)Nc2c(C)cc(C)cc2C)c1. The first-order valence-corrected chi connectivity index (χ1v) is 9.28. The van der Waals surface area contributed by atoms with Crippen molar-refractivity contribution in [2.45, 2.75) is 32.9 Å². The van der Waals surface area contributed by atoms with Crippen molar-refractivity contribution in [1.29, 1.82) is 0 Å². The average Bonchev–Trinajstić information content (AvgIpc) is 3.05. The minimum Gasteiger partial charge on any atom is -0.325 e. The number of thioether (sulfide) groups is 1. The molecule has 1 amide bonds. The molecule has 0 saturated heterocycles. The largest absolute Gasteiger partial charge is 0.325 e. The lowest BCUT2D eigenvalue weighted by atomic mass is 10.1. The van der Waals surface area contributed by atoms with E-state index in [0.29, 0.717) is 5.16 Å². The minimum absolute atomic E-state index is 0.0798. The standard InChI is InChI=1S/C19H21N5OS/c1-12-6-5-7-16(10-12)24-19(21-22-23-24)26-11-17(25)20-18-14(3)8-13(2)9-15(18)4/h5-10H,11H2,1-4H3,(H,20,25). The molecular weight excluding hydrogens is 346 g/mol. The summed E-state index contributed by atoms with van der Waals surface area (Å²) < 4.78 is 1.65. The van der Waals surface area contributed by atoms with Crippen molar-refractivity contribution in [3.63, 3.8) is 0 Å². The van der Waals surface area contributed by atoms with Gasteiger partial charge in [-0.05, 0) is 66.9 Å². The lowest BCUT2D eigenvalue weighted by molar-refractivity contribution is -0.113. The molecule has 0 saturated carbocycles. The lowest BCUT2D eigenvalue weighted by Gasteiger charge is -2.12. The van der Waals surface area contributed by atoms with Gasteiger partial charge < -0.3 is 5.32 Å². The number of carbonyl (C=O) groups is 1. The Balaban J connectivity index is 1.69. The average molecular weight is 367 g/mol. The number of nitrogens with one attached hydrogen (secondary N) is 1. The van der Waals surface area contributed by atoms with E-state index >= 15 is 0 Å². The van der Waals surface area contributed by atoms with Crippen molar-refractivity contribution in [3.8, 4) is 5.69 Å². The number of rotatable bonds is 5. The van der Waals surface area contributed by atoms with Gasteiger partial charge in [0.15, 0.2) is 0 Å². The van der Waals surface area contributed by atoms with E-state index in [-0.39, 0.29) is 11.7 Å². The summed E-state index contributed by atoms with van der Waals surface area (Å²) in [5.74, 6) is 0.155. The maximum Gasteiger partial charge on any atom is 0.234 e. The van der Waals surface area contributed by atoms with Crippen molar-refractivity contribution in [2.75, 3.05) is 11.1 Å². The van der Waals surface area contributed by atoms with Crippen LogP contribution in [0.5, 0.6) is 0 Å². The highest BCUT2D eigenvalue weighted by Crippen LogP contribution is 2.23. The maximum atomic E-state index is 12.4. The van der Waals surface area contributed by atoms with Crippen LogP contribution in [-0.4, -0.2) is 31.9 Å². The van der Waals surface area contributed by atoms with E-state index in [0.717, 1.165) is 28.1 Å². The van der Waals surface area contributed by atoms with Gasteiger partial charge in [0.05, 0.1) is 11.4 Å². The monoisotopic (exact) mass is 367 g/mol. The van der Waals surface area contributed by atoms with Gasteiger partial charge in [0, 0.05) is 5.69 Å². The number of hydrogen-bond donors (Lipinski definition) is 1. The highest BCUT2D eigenvalue weighted by atomic mass is 32.2. The van der Waals surface area contributed by atoms with E-state index in [4.69, 9.17) is 0 Å². The number of hydrogen-bond acceptors (Lipinski definition) is 5. The van der Waals surface area contributed by atoms with Crippen LogP contribution in [0.15, 0.2) is 41.6 Å². The van der Waals surface area contributed by atoms with Crippen molar-refractivity contribution in [1.82, 2.24) is 20.2 Å². The Morgan fingerprint density at radius 1 is 1.08 bits per heavy atom. The fraction of sp³-hybridized carbons (Fsp3) is 0.263. The van der Waals surface area contributed by atoms with Crippen LogP contribution < -0.4 is 5.32 Å². The molecule has 134 valence electrons. The molecule has 0 aliphatic rings. The molecule has 3 aromatic rings. The number of benzene rings is 2. The van der Waals surface area contributed by atoms with Crippen LogP contribution in [-0.2, 0) is 4.79 Å². The maximum absolute atomic E-state index is 12.4. The van der Waals surface area contributed by atoms with Gasteiger partial charge in [-0.1, -0.05) is 41.6 Å². The van der Waals surface area contributed by atoms with E-state index in [2.05, 4.69) is 33.0 Å². The van der Waals surface area contributed by atoms with Gasteiger partial charge in [0.25, 0.3) is 0 Å². The third kappa shape index (κ3) is 4.11. The predicted octanol–water partition coefficient (Wildman–Crippen LogP) is 3.63. The zero-order chi connectivity index (χ0) is 18.7. The molecule has 1 aromatic heterocycles. The smallest absolute Gasteiger partial charge is 0.234 e. The zero-order valence-electron chi connectivity index (χ0n) is 15.3. The van der Waals surface area contributed by atoms with Gasteiger partial charge in [-0.25, -0.2) is 0 Å². The molecule has 0 spiro atoms. The van der Waals surface area contributed by atoms with Crippen LogP contribution in [0.3, 0.4) is 0 Å². The molecule has 0 unspecified atom stereocenters. The number of anilines is 1. The van der Waals surface area contributed by atoms with Crippen molar-refractivity contribution in [2.24, 2.45) is 0 Å². The lowest BCUT2D eigenvalue weighted by Crippen LogP contribution is -2.16. The minimum atomic E-state index is -0.0798. The molecule has 6 nitrogen and oxygen atoms in total. The van der Waals surface area contributed by atoms with E-state index < -0.39 is 0 Å². The number of carbonyl (C=O) groups excluding carboxylic acids is 1. The third-order valence-electron chi connectivity index (χ3n) is 3.96.